The highest BCUT2D eigenvalue weighted by molar-refractivity contribution is 5.68. The highest BCUT2D eigenvalue weighted by Gasteiger charge is 2.05. The summed E-state index contributed by atoms with van der Waals surface area (Å²) in [5, 5.41) is 8.34. The summed E-state index contributed by atoms with van der Waals surface area (Å²) >= 11 is 0. The van der Waals surface area contributed by atoms with Crippen molar-refractivity contribution in [2.45, 2.75) is 19.8 Å². The maximum atomic E-state index is 11.2. The third-order valence-corrected chi connectivity index (χ3v) is 1.68. The fourth-order valence-corrected chi connectivity index (χ4v) is 0.974. The Morgan fingerprint density at radius 3 is 2.94 bits per heavy atom. The molecule has 1 heterocycles. The second-order valence-corrected chi connectivity index (χ2v) is 3.46. The number of aromatic nitrogens is 2. The van der Waals surface area contributed by atoms with Crippen molar-refractivity contribution in [3.8, 4) is 0 Å². The number of carboxylic acid groups (broad SMARTS) is 1. The molecule has 16 heavy (non-hydrogen) atoms. The summed E-state index contributed by atoms with van der Waals surface area (Å²) in [6.45, 7) is 3.24. The quantitative estimate of drug-likeness (QED) is 0.626. The van der Waals surface area contributed by atoms with Crippen LogP contribution in [-0.4, -0.2) is 27.7 Å². The minimum Gasteiger partial charge on any atom is -0.479 e. The van der Waals surface area contributed by atoms with Crippen LogP contribution in [0.15, 0.2) is 10.9 Å². The van der Waals surface area contributed by atoms with E-state index in [0.717, 1.165) is 0 Å². The predicted molar refractivity (Wildman–Crippen MR) is 56.2 cm³/mol. The Morgan fingerprint density at radius 1 is 1.69 bits per heavy atom. The number of H-pyrrole nitrogens is 1. The molecule has 0 spiro atoms. The number of rotatable bonds is 5. The summed E-state index contributed by atoms with van der Waals surface area (Å²) in [5.41, 5.74) is 1.98. The van der Waals surface area contributed by atoms with Gasteiger partial charge in [-0.15, -0.1) is 0 Å². The average molecular weight is 227 g/mol. The second-order valence-electron chi connectivity index (χ2n) is 3.46. The first kappa shape index (κ1) is 12.2. The first-order chi connectivity index (χ1) is 7.49. The molecule has 0 atom stereocenters. The Labute approximate surface area is 91.4 Å². The monoisotopic (exact) mass is 227 g/mol. The van der Waals surface area contributed by atoms with Crippen LogP contribution in [0.1, 0.15) is 25.6 Å². The largest absolute Gasteiger partial charge is 0.479 e. The zero-order valence-corrected chi connectivity index (χ0v) is 8.98. The minimum atomic E-state index is -1.11. The predicted octanol–water partition coefficient (Wildman–Crippen LogP) is 0.321. The molecule has 0 aliphatic heterocycles. The molecule has 0 saturated heterocycles. The number of aromatic amines is 1. The third kappa shape index (κ3) is 3.70. The summed E-state index contributed by atoms with van der Waals surface area (Å²) in [7, 11) is 0. The number of nitrogens with zero attached hydrogens (tertiary/aromatic N) is 1. The van der Waals surface area contributed by atoms with Crippen LogP contribution >= 0.6 is 0 Å². The van der Waals surface area contributed by atoms with E-state index in [0.29, 0.717) is 5.82 Å². The summed E-state index contributed by atoms with van der Waals surface area (Å²) in [5.74, 6) is -0.349. The highest BCUT2D eigenvalue weighted by Crippen LogP contribution is 2.08. The SMILES string of the molecule is CC(C)c1nc(NOCC(=O)O)cc(=O)[nH]1. The van der Waals surface area contributed by atoms with Gasteiger partial charge >= 0.3 is 5.97 Å². The minimum absolute atomic E-state index is 0.0638. The number of aliphatic carboxylic acids is 1. The van der Waals surface area contributed by atoms with Gasteiger partial charge in [-0.3, -0.25) is 9.63 Å². The van der Waals surface area contributed by atoms with E-state index in [9.17, 15) is 9.59 Å². The van der Waals surface area contributed by atoms with Gasteiger partial charge < -0.3 is 10.1 Å². The standard InChI is InChI=1S/C9H13N3O4/c1-5(2)9-10-6(3-7(13)11-9)12-16-4-8(14)15/h3,5H,4H2,1-2H3,(H,14,15)(H2,10,11,12,13). The van der Waals surface area contributed by atoms with E-state index in [1.165, 1.54) is 6.07 Å². The van der Waals surface area contributed by atoms with Gasteiger partial charge in [0.2, 0.25) is 0 Å². The van der Waals surface area contributed by atoms with Crippen LogP contribution < -0.4 is 11.0 Å². The van der Waals surface area contributed by atoms with Gasteiger partial charge in [0, 0.05) is 12.0 Å². The summed E-state index contributed by atoms with van der Waals surface area (Å²) in [4.78, 5) is 32.6. The number of hydrogen-bond acceptors (Lipinski definition) is 5. The summed E-state index contributed by atoms with van der Waals surface area (Å²) in [6.07, 6.45) is 0. The van der Waals surface area contributed by atoms with Crippen LogP contribution in [-0.2, 0) is 9.63 Å². The van der Waals surface area contributed by atoms with E-state index in [4.69, 9.17) is 5.11 Å². The fraction of sp³-hybridized carbons (Fsp3) is 0.444. The van der Waals surface area contributed by atoms with Crippen molar-refractivity contribution in [2.24, 2.45) is 0 Å². The summed E-state index contributed by atoms with van der Waals surface area (Å²) in [6, 6.07) is 1.19. The topological polar surface area (TPSA) is 104 Å². The van der Waals surface area contributed by atoms with Crippen LogP contribution in [0.2, 0.25) is 0 Å². The first-order valence-electron chi connectivity index (χ1n) is 4.70. The van der Waals surface area contributed by atoms with Gasteiger partial charge in [0.1, 0.15) is 5.82 Å². The van der Waals surface area contributed by atoms with Gasteiger partial charge in [0.25, 0.3) is 5.56 Å². The Morgan fingerprint density at radius 2 is 2.38 bits per heavy atom. The van der Waals surface area contributed by atoms with Crippen LogP contribution in [0, 0.1) is 0 Å². The number of hydrogen-bond donors (Lipinski definition) is 3. The van der Waals surface area contributed by atoms with Crippen molar-refractivity contribution < 1.29 is 14.7 Å². The Bertz CT molecular complexity index is 427. The van der Waals surface area contributed by atoms with Gasteiger partial charge in [-0.05, 0) is 0 Å². The molecule has 7 nitrogen and oxygen atoms in total. The fourth-order valence-electron chi connectivity index (χ4n) is 0.974. The van der Waals surface area contributed by atoms with Crippen molar-refractivity contribution in [1.82, 2.24) is 9.97 Å². The molecule has 3 N–H and O–H groups in total. The number of nitrogens with one attached hydrogen (secondary N) is 2. The molecular weight excluding hydrogens is 214 g/mol. The molecule has 0 aromatic carbocycles. The maximum absolute atomic E-state index is 11.2. The van der Waals surface area contributed by atoms with Crippen LogP contribution in [0.3, 0.4) is 0 Å². The summed E-state index contributed by atoms with van der Waals surface area (Å²) < 4.78 is 0. The van der Waals surface area contributed by atoms with E-state index < -0.39 is 12.6 Å². The molecule has 0 amide bonds. The van der Waals surface area contributed by atoms with Gasteiger partial charge in [-0.1, -0.05) is 13.8 Å². The molecule has 1 rings (SSSR count). The molecule has 88 valence electrons. The van der Waals surface area contributed by atoms with Gasteiger partial charge in [-0.2, -0.15) is 0 Å². The zero-order valence-electron chi connectivity index (χ0n) is 8.98. The Balaban J connectivity index is 2.73. The average Bonchev–Trinajstić information content (AvgIpc) is 2.16. The number of carbonyl (C=O) groups is 1. The van der Waals surface area contributed by atoms with E-state index in [1.54, 1.807) is 0 Å². The van der Waals surface area contributed by atoms with E-state index >= 15 is 0 Å². The van der Waals surface area contributed by atoms with E-state index in [2.05, 4.69) is 20.3 Å². The molecule has 0 unspecified atom stereocenters. The molecule has 0 aliphatic carbocycles. The number of carboxylic acids is 1. The molecule has 0 fully saturated rings. The lowest BCUT2D eigenvalue weighted by Gasteiger charge is -2.07. The van der Waals surface area contributed by atoms with Crippen molar-refractivity contribution >= 4 is 11.8 Å². The molecular formula is C9H13N3O4. The highest BCUT2D eigenvalue weighted by atomic mass is 16.7. The van der Waals surface area contributed by atoms with Gasteiger partial charge in [0.15, 0.2) is 12.4 Å². The van der Waals surface area contributed by atoms with Crippen LogP contribution in [0.5, 0.6) is 0 Å². The third-order valence-electron chi connectivity index (χ3n) is 1.68. The molecule has 7 heteroatoms. The second kappa shape index (κ2) is 5.26. The van der Waals surface area contributed by atoms with Crippen molar-refractivity contribution in [2.75, 3.05) is 12.1 Å². The van der Waals surface area contributed by atoms with Gasteiger partial charge in [0.05, 0.1) is 0 Å². The van der Waals surface area contributed by atoms with Crippen LogP contribution in [0.25, 0.3) is 0 Å². The van der Waals surface area contributed by atoms with Crippen LogP contribution in [0.4, 0.5) is 5.82 Å². The Kier molecular flexibility index (Phi) is 4.01. The molecule has 0 radical (unpaired) electrons. The maximum Gasteiger partial charge on any atom is 0.332 e. The van der Waals surface area contributed by atoms with Crippen molar-refractivity contribution in [3.63, 3.8) is 0 Å². The van der Waals surface area contributed by atoms with Gasteiger partial charge in [-0.25, -0.2) is 15.3 Å². The van der Waals surface area contributed by atoms with E-state index in [-0.39, 0.29) is 17.3 Å². The van der Waals surface area contributed by atoms with Crippen molar-refractivity contribution in [1.29, 1.82) is 0 Å². The zero-order chi connectivity index (χ0) is 12.1. The first-order valence-corrected chi connectivity index (χ1v) is 4.70. The molecule has 1 aromatic rings. The lowest BCUT2D eigenvalue weighted by Crippen LogP contribution is -2.17. The molecule has 1 aromatic heterocycles. The Hall–Kier alpha value is -1.89. The lowest BCUT2D eigenvalue weighted by molar-refractivity contribution is -0.141. The van der Waals surface area contributed by atoms with E-state index in [1.807, 2.05) is 13.8 Å². The molecule has 0 bridgehead atoms. The molecule has 0 saturated carbocycles. The smallest absolute Gasteiger partial charge is 0.332 e. The molecule has 0 aliphatic rings. The van der Waals surface area contributed by atoms with Crippen molar-refractivity contribution in [3.05, 3.63) is 22.2 Å². The normalized spacial score (nSPS) is 10.4. The number of anilines is 1. The lowest BCUT2D eigenvalue weighted by atomic mass is 10.2.